The minimum Gasteiger partial charge on any atom is -0.326 e. The van der Waals surface area contributed by atoms with Crippen LogP contribution in [-0.4, -0.2) is 7.05 Å². The van der Waals surface area contributed by atoms with Crippen molar-refractivity contribution < 1.29 is 0 Å². The van der Waals surface area contributed by atoms with Gasteiger partial charge in [0.05, 0.1) is 22.9 Å². The van der Waals surface area contributed by atoms with Gasteiger partial charge in [0.15, 0.2) is 0 Å². The van der Waals surface area contributed by atoms with Gasteiger partial charge in [0, 0.05) is 19.3 Å². The molecule has 60 valence electrons. The zero-order valence-electron chi connectivity index (χ0n) is 6.42. The lowest BCUT2D eigenvalue weighted by atomic mass is 10.2. The van der Waals surface area contributed by atoms with Crippen LogP contribution in [0.2, 0.25) is 0 Å². The SMILES string of the molecule is CN(I)c1ccc(CN)cc1. The summed E-state index contributed by atoms with van der Waals surface area (Å²) < 4.78 is 2.04. The predicted molar refractivity (Wildman–Crippen MR) is 56.8 cm³/mol. The molecule has 11 heavy (non-hydrogen) atoms. The van der Waals surface area contributed by atoms with Gasteiger partial charge in [-0.3, -0.25) is 0 Å². The Bertz CT molecular complexity index is 218. The van der Waals surface area contributed by atoms with Crippen LogP contribution in [0.25, 0.3) is 0 Å². The van der Waals surface area contributed by atoms with Gasteiger partial charge in [0.25, 0.3) is 0 Å². The minimum absolute atomic E-state index is 0.616. The molecule has 1 aromatic rings. The van der Waals surface area contributed by atoms with Gasteiger partial charge >= 0.3 is 0 Å². The highest BCUT2D eigenvalue weighted by Gasteiger charge is 1.94. The van der Waals surface area contributed by atoms with E-state index in [1.165, 1.54) is 11.3 Å². The average molecular weight is 262 g/mol. The molecule has 0 aliphatic heterocycles. The summed E-state index contributed by atoms with van der Waals surface area (Å²) >= 11 is 2.23. The summed E-state index contributed by atoms with van der Waals surface area (Å²) in [5.74, 6) is 0. The normalized spacial score (nSPS) is 9.73. The topological polar surface area (TPSA) is 29.3 Å². The molecule has 2 nitrogen and oxygen atoms in total. The molecule has 1 aromatic carbocycles. The molecular weight excluding hydrogens is 251 g/mol. The second-order valence-electron chi connectivity index (χ2n) is 2.35. The van der Waals surface area contributed by atoms with Crippen molar-refractivity contribution in [2.24, 2.45) is 5.73 Å². The molecule has 0 bridgehead atoms. The summed E-state index contributed by atoms with van der Waals surface area (Å²) in [6.45, 7) is 0.616. The monoisotopic (exact) mass is 262 g/mol. The molecule has 0 spiro atoms. The molecule has 1 rings (SSSR count). The van der Waals surface area contributed by atoms with E-state index >= 15 is 0 Å². The van der Waals surface area contributed by atoms with Crippen molar-refractivity contribution in [3.63, 3.8) is 0 Å². The van der Waals surface area contributed by atoms with E-state index in [4.69, 9.17) is 5.73 Å². The van der Waals surface area contributed by atoms with Crippen LogP contribution < -0.4 is 8.85 Å². The highest BCUT2D eigenvalue weighted by Crippen LogP contribution is 2.16. The lowest BCUT2D eigenvalue weighted by molar-refractivity contribution is 1.07. The molecule has 0 saturated carbocycles. The number of nitrogens with two attached hydrogens (primary N) is 1. The van der Waals surface area contributed by atoms with Crippen molar-refractivity contribution in [2.45, 2.75) is 6.54 Å². The van der Waals surface area contributed by atoms with Crippen molar-refractivity contribution in [2.75, 3.05) is 10.2 Å². The molecule has 0 amide bonds. The second kappa shape index (κ2) is 3.92. The van der Waals surface area contributed by atoms with E-state index in [1.54, 1.807) is 0 Å². The van der Waals surface area contributed by atoms with Crippen LogP contribution >= 0.6 is 22.9 Å². The summed E-state index contributed by atoms with van der Waals surface area (Å²) in [6.07, 6.45) is 0. The van der Waals surface area contributed by atoms with E-state index in [0.717, 1.165) is 0 Å². The van der Waals surface area contributed by atoms with E-state index in [-0.39, 0.29) is 0 Å². The van der Waals surface area contributed by atoms with Crippen LogP contribution in [-0.2, 0) is 6.54 Å². The first kappa shape index (κ1) is 8.80. The lowest BCUT2D eigenvalue weighted by Gasteiger charge is -2.09. The maximum Gasteiger partial charge on any atom is 0.0588 e. The molecule has 0 aliphatic rings. The summed E-state index contributed by atoms with van der Waals surface area (Å²) in [5, 5.41) is 0. The van der Waals surface area contributed by atoms with Gasteiger partial charge in [-0.15, -0.1) is 0 Å². The molecule has 2 N–H and O–H groups in total. The lowest BCUT2D eigenvalue weighted by Crippen LogP contribution is -2.00. The first-order chi connectivity index (χ1) is 5.24. The Hall–Kier alpha value is -0.290. The fourth-order valence-corrected chi connectivity index (χ4v) is 1.16. The van der Waals surface area contributed by atoms with Crippen molar-refractivity contribution >= 4 is 28.6 Å². The van der Waals surface area contributed by atoms with Gasteiger partial charge in [-0.2, -0.15) is 0 Å². The number of anilines is 1. The Morgan fingerprint density at radius 3 is 2.27 bits per heavy atom. The van der Waals surface area contributed by atoms with E-state index in [1.807, 2.05) is 22.3 Å². The third-order valence-electron chi connectivity index (χ3n) is 1.53. The Balaban J connectivity index is 2.83. The fourth-order valence-electron chi connectivity index (χ4n) is 0.837. The zero-order valence-corrected chi connectivity index (χ0v) is 8.58. The summed E-state index contributed by atoms with van der Waals surface area (Å²) in [5.41, 5.74) is 7.83. The van der Waals surface area contributed by atoms with Crippen molar-refractivity contribution in [3.8, 4) is 0 Å². The van der Waals surface area contributed by atoms with Crippen LogP contribution in [0.4, 0.5) is 5.69 Å². The third kappa shape index (κ3) is 2.34. The fraction of sp³-hybridized carbons (Fsp3) is 0.250. The number of hydrogen-bond acceptors (Lipinski definition) is 2. The Morgan fingerprint density at radius 1 is 1.36 bits per heavy atom. The quantitative estimate of drug-likeness (QED) is 0.651. The van der Waals surface area contributed by atoms with Gasteiger partial charge in [0.1, 0.15) is 0 Å². The smallest absolute Gasteiger partial charge is 0.0588 e. The van der Waals surface area contributed by atoms with Crippen LogP contribution in [0.3, 0.4) is 0 Å². The number of hydrogen-bond donors (Lipinski definition) is 1. The molecular formula is C8H11IN2. The summed E-state index contributed by atoms with van der Waals surface area (Å²) in [7, 11) is 2.01. The van der Waals surface area contributed by atoms with Crippen molar-refractivity contribution in [1.29, 1.82) is 0 Å². The predicted octanol–water partition coefficient (Wildman–Crippen LogP) is 1.93. The molecule has 0 fully saturated rings. The minimum atomic E-state index is 0.616. The van der Waals surface area contributed by atoms with Crippen molar-refractivity contribution in [3.05, 3.63) is 29.8 Å². The molecule has 3 heteroatoms. The van der Waals surface area contributed by atoms with Crippen LogP contribution in [0, 0.1) is 0 Å². The molecule has 0 atom stereocenters. The maximum atomic E-state index is 5.46. The molecule has 0 radical (unpaired) electrons. The number of benzene rings is 1. The summed E-state index contributed by atoms with van der Waals surface area (Å²) in [6, 6.07) is 8.22. The molecule has 0 aliphatic carbocycles. The van der Waals surface area contributed by atoms with Crippen molar-refractivity contribution in [1.82, 2.24) is 0 Å². The highest BCUT2D eigenvalue weighted by molar-refractivity contribution is 14.1. The highest BCUT2D eigenvalue weighted by atomic mass is 127. The Labute approximate surface area is 80.9 Å². The van der Waals surface area contributed by atoms with E-state index < -0.39 is 0 Å². The summed E-state index contributed by atoms with van der Waals surface area (Å²) in [4.78, 5) is 0. The van der Waals surface area contributed by atoms with E-state index in [0.29, 0.717) is 6.54 Å². The average Bonchev–Trinajstić information content (AvgIpc) is 2.05. The van der Waals surface area contributed by atoms with Gasteiger partial charge in [-0.25, -0.2) is 0 Å². The zero-order chi connectivity index (χ0) is 8.27. The second-order valence-corrected chi connectivity index (χ2v) is 3.80. The number of nitrogens with zero attached hydrogens (tertiary/aromatic N) is 1. The Morgan fingerprint density at radius 2 is 1.91 bits per heavy atom. The maximum absolute atomic E-state index is 5.46. The van der Waals surface area contributed by atoms with Crippen LogP contribution in [0.5, 0.6) is 0 Å². The van der Waals surface area contributed by atoms with Gasteiger partial charge < -0.3 is 8.85 Å². The largest absolute Gasteiger partial charge is 0.326 e. The molecule has 0 aromatic heterocycles. The first-order valence-corrected chi connectivity index (χ1v) is 4.39. The Kier molecular flexibility index (Phi) is 3.14. The molecule has 0 unspecified atom stereocenters. The number of rotatable bonds is 2. The third-order valence-corrected chi connectivity index (χ3v) is 2.08. The van der Waals surface area contributed by atoms with Crippen LogP contribution in [0.1, 0.15) is 5.56 Å². The standard InChI is InChI=1S/C8H11IN2/c1-11(9)8-4-2-7(6-10)3-5-8/h2-5H,6,10H2,1H3. The molecule has 0 heterocycles. The first-order valence-electron chi connectivity index (χ1n) is 3.42. The van der Waals surface area contributed by atoms with Gasteiger partial charge in [0.2, 0.25) is 0 Å². The van der Waals surface area contributed by atoms with E-state index in [2.05, 4.69) is 35.0 Å². The number of halogens is 1. The molecule has 0 saturated heterocycles. The van der Waals surface area contributed by atoms with Gasteiger partial charge in [-0.1, -0.05) is 12.1 Å². The van der Waals surface area contributed by atoms with Crippen LogP contribution in [0.15, 0.2) is 24.3 Å². The van der Waals surface area contributed by atoms with Gasteiger partial charge in [-0.05, 0) is 17.7 Å². The van der Waals surface area contributed by atoms with E-state index in [9.17, 15) is 0 Å².